The summed E-state index contributed by atoms with van der Waals surface area (Å²) in [5, 5.41) is 10.9. The maximum atomic E-state index is 13.0. The third kappa shape index (κ3) is 2.13. The van der Waals surface area contributed by atoms with Gasteiger partial charge in [0, 0.05) is 23.7 Å². The van der Waals surface area contributed by atoms with E-state index in [2.05, 4.69) is 15.7 Å². The van der Waals surface area contributed by atoms with Gasteiger partial charge in [-0.3, -0.25) is 0 Å². The molecule has 4 nitrogen and oxygen atoms in total. The van der Waals surface area contributed by atoms with E-state index in [1.165, 1.54) is 18.0 Å². The topological polar surface area (TPSA) is 41.9 Å². The second-order valence-electron chi connectivity index (χ2n) is 3.95. The Labute approximate surface area is 113 Å². The molecule has 0 saturated carbocycles. The molecule has 0 aliphatic carbocycles. The third-order valence-corrected chi connectivity index (χ3v) is 3.72. The Bertz CT molecular complexity index is 577. The third-order valence-electron chi connectivity index (χ3n) is 2.50. The number of anilines is 2. The lowest BCUT2D eigenvalue weighted by atomic mass is 10.3. The zero-order valence-corrected chi connectivity index (χ0v) is 11.0. The van der Waals surface area contributed by atoms with Gasteiger partial charge in [0.2, 0.25) is 0 Å². The van der Waals surface area contributed by atoms with Crippen molar-refractivity contribution in [3.63, 3.8) is 0 Å². The molecule has 1 atom stereocenters. The van der Waals surface area contributed by atoms with E-state index in [-0.39, 0.29) is 10.5 Å². The van der Waals surface area contributed by atoms with Gasteiger partial charge in [0.15, 0.2) is 5.50 Å². The molecular formula is C11H10ClFN4S. The van der Waals surface area contributed by atoms with Crippen LogP contribution >= 0.6 is 23.5 Å². The summed E-state index contributed by atoms with van der Waals surface area (Å²) in [4.78, 5) is 0. The summed E-state index contributed by atoms with van der Waals surface area (Å²) in [6, 6.07) is 6.51. The molecule has 0 amide bonds. The molecule has 0 spiro atoms. The van der Waals surface area contributed by atoms with E-state index in [9.17, 15) is 4.39 Å². The van der Waals surface area contributed by atoms with Gasteiger partial charge >= 0.3 is 0 Å². The molecule has 2 heterocycles. The van der Waals surface area contributed by atoms with Crippen molar-refractivity contribution in [2.75, 3.05) is 10.6 Å². The highest BCUT2D eigenvalue weighted by atomic mass is 35.5. The molecule has 0 fully saturated rings. The number of halogens is 2. The van der Waals surface area contributed by atoms with Crippen LogP contribution in [0.3, 0.4) is 0 Å². The maximum Gasteiger partial charge on any atom is 0.168 e. The minimum absolute atomic E-state index is 0.0466. The average Bonchev–Trinajstić information content (AvgIpc) is 2.80. The SMILES string of the molecule is Cc1cc2n(n1)S[C@H](Nc1ccc(F)c(Cl)c1)N2. The minimum Gasteiger partial charge on any atom is -0.355 e. The number of hydrogen-bond acceptors (Lipinski definition) is 4. The Morgan fingerprint density at radius 1 is 1.50 bits per heavy atom. The Morgan fingerprint density at radius 3 is 3.06 bits per heavy atom. The highest BCUT2D eigenvalue weighted by molar-refractivity contribution is 7.98. The summed E-state index contributed by atoms with van der Waals surface area (Å²) < 4.78 is 14.8. The van der Waals surface area contributed by atoms with Crippen LogP contribution in [0.4, 0.5) is 15.9 Å². The van der Waals surface area contributed by atoms with Crippen LogP contribution in [-0.4, -0.2) is 14.7 Å². The highest BCUT2D eigenvalue weighted by Crippen LogP contribution is 2.31. The van der Waals surface area contributed by atoms with Crippen molar-refractivity contribution in [3.05, 3.63) is 40.8 Å². The highest BCUT2D eigenvalue weighted by Gasteiger charge is 2.22. The maximum absolute atomic E-state index is 13.0. The molecule has 2 aromatic rings. The Balaban J connectivity index is 1.72. The molecule has 0 bridgehead atoms. The summed E-state index contributed by atoms with van der Waals surface area (Å²) >= 11 is 7.24. The summed E-state index contributed by atoms with van der Waals surface area (Å²) in [5.41, 5.74) is 1.68. The van der Waals surface area contributed by atoms with Gasteiger partial charge in [-0.15, -0.1) is 0 Å². The van der Waals surface area contributed by atoms with Crippen LogP contribution in [0.2, 0.25) is 5.02 Å². The number of nitrogens with one attached hydrogen (secondary N) is 2. The Morgan fingerprint density at radius 2 is 2.33 bits per heavy atom. The van der Waals surface area contributed by atoms with Crippen LogP contribution in [0.25, 0.3) is 0 Å². The predicted octanol–water partition coefficient (Wildman–Crippen LogP) is 3.30. The first-order valence-corrected chi connectivity index (χ1v) is 6.55. The summed E-state index contributed by atoms with van der Waals surface area (Å²) in [6.45, 7) is 1.94. The monoisotopic (exact) mass is 284 g/mol. The summed E-state index contributed by atoms with van der Waals surface area (Å²) in [7, 11) is 0. The fourth-order valence-electron chi connectivity index (χ4n) is 1.72. The number of hydrogen-bond donors (Lipinski definition) is 2. The van der Waals surface area contributed by atoms with Crippen LogP contribution in [0, 0.1) is 12.7 Å². The van der Waals surface area contributed by atoms with Gasteiger partial charge in [0.1, 0.15) is 11.6 Å². The van der Waals surface area contributed by atoms with E-state index in [0.29, 0.717) is 0 Å². The van der Waals surface area contributed by atoms with Crippen LogP contribution in [0.1, 0.15) is 5.69 Å². The molecule has 1 aliphatic heterocycles. The second kappa shape index (κ2) is 4.37. The van der Waals surface area contributed by atoms with Gasteiger partial charge in [0.05, 0.1) is 10.7 Å². The summed E-state index contributed by atoms with van der Waals surface area (Å²) in [5.74, 6) is 0.529. The Hall–Kier alpha value is -1.40. The van der Waals surface area contributed by atoms with Crippen molar-refractivity contribution in [1.82, 2.24) is 9.19 Å². The molecule has 3 rings (SSSR count). The minimum atomic E-state index is -0.419. The van der Waals surface area contributed by atoms with Crippen molar-refractivity contribution in [3.8, 4) is 0 Å². The second-order valence-corrected chi connectivity index (χ2v) is 5.38. The van der Waals surface area contributed by atoms with Crippen molar-refractivity contribution in [1.29, 1.82) is 0 Å². The normalized spacial score (nSPS) is 17.4. The first-order chi connectivity index (χ1) is 8.61. The zero-order chi connectivity index (χ0) is 12.7. The standard InChI is InChI=1S/C11H10ClFN4S/c1-6-4-10-15-11(18-17(10)16-6)14-7-2-3-9(13)8(12)5-7/h2-5,11,14-15H,1H3/t11-/m1/s1. The van der Waals surface area contributed by atoms with Crippen molar-refractivity contribution < 1.29 is 4.39 Å². The lowest BCUT2D eigenvalue weighted by molar-refractivity contribution is 0.628. The van der Waals surface area contributed by atoms with Crippen molar-refractivity contribution in [2.24, 2.45) is 0 Å². The number of aromatic nitrogens is 2. The molecule has 7 heteroatoms. The quantitative estimate of drug-likeness (QED) is 0.888. The molecule has 0 radical (unpaired) electrons. The molecule has 1 aromatic carbocycles. The molecule has 0 saturated heterocycles. The van der Waals surface area contributed by atoms with E-state index < -0.39 is 5.82 Å². The Kier molecular flexibility index (Phi) is 2.83. The number of fused-ring (bicyclic) bond motifs is 1. The fraction of sp³-hybridized carbons (Fsp3) is 0.182. The molecule has 1 aromatic heterocycles. The number of benzene rings is 1. The average molecular weight is 285 g/mol. The van der Waals surface area contributed by atoms with E-state index in [1.54, 1.807) is 12.1 Å². The van der Waals surface area contributed by atoms with Crippen LogP contribution in [0.5, 0.6) is 0 Å². The lowest BCUT2D eigenvalue weighted by Gasteiger charge is -2.13. The molecule has 0 unspecified atom stereocenters. The molecular weight excluding hydrogens is 275 g/mol. The van der Waals surface area contributed by atoms with Gasteiger partial charge in [-0.2, -0.15) is 9.19 Å². The smallest absolute Gasteiger partial charge is 0.168 e. The number of rotatable bonds is 2. The summed E-state index contributed by atoms with van der Waals surface area (Å²) in [6.07, 6.45) is 0. The van der Waals surface area contributed by atoms with Gasteiger partial charge in [0.25, 0.3) is 0 Å². The van der Waals surface area contributed by atoms with E-state index in [1.807, 2.05) is 17.1 Å². The van der Waals surface area contributed by atoms with Crippen LogP contribution in [0.15, 0.2) is 24.3 Å². The van der Waals surface area contributed by atoms with Gasteiger partial charge in [-0.1, -0.05) is 11.6 Å². The van der Waals surface area contributed by atoms with Gasteiger partial charge in [-0.25, -0.2) is 4.39 Å². The van der Waals surface area contributed by atoms with E-state index in [0.717, 1.165) is 17.2 Å². The van der Waals surface area contributed by atoms with E-state index in [4.69, 9.17) is 11.6 Å². The predicted molar refractivity (Wildman–Crippen MR) is 72.4 cm³/mol. The lowest BCUT2D eigenvalue weighted by Crippen LogP contribution is -2.21. The first kappa shape index (κ1) is 11.7. The van der Waals surface area contributed by atoms with Crippen LogP contribution in [-0.2, 0) is 0 Å². The van der Waals surface area contributed by atoms with Crippen LogP contribution < -0.4 is 10.6 Å². The van der Waals surface area contributed by atoms with Crippen molar-refractivity contribution >= 4 is 35.1 Å². The fourth-order valence-corrected chi connectivity index (χ4v) is 2.85. The van der Waals surface area contributed by atoms with Gasteiger partial charge in [-0.05, 0) is 25.1 Å². The van der Waals surface area contributed by atoms with E-state index >= 15 is 0 Å². The van der Waals surface area contributed by atoms with Crippen molar-refractivity contribution in [2.45, 2.75) is 12.4 Å². The largest absolute Gasteiger partial charge is 0.355 e. The molecule has 2 N–H and O–H groups in total. The first-order valence-electron chi connectivity index (χ1n) is 5.34. The number of nitrogens with zero attached hydrogens (tertiary/aromatic N) is 2. The molecule has 18 heavy (non-hydrogen) atoms. The zero-order valence-electron chi connectivity index (χ0n) is 9.45. The molecule has 94 valence electrons. The van der Waals surface area contributed by atoms with Gasteiger partial charge < -0.3 is 10.6 Å². The number of aryl methyl sites for hydroxylation is 1. The molecule has 1 aliphatic rings.